The monoisotopic (exact) mass is 530 g/mol. The molecule has 0 amide bonds. The molecule has 2 aliphatic heterocycles. The molecule has 3 aliphatic rings. The van der Waals surface area contributed by atoms with Crippen molar-refractivity contribution < 1.29 is 14.2 Å². The van der Waals surface area contributed by atoms with E-state index < -0.39 is 0 Å². The minimum absolute atomic E-state index is 0.669. The van der Waals surface area contributed by atoms with E-state index >= 15 is 0 Å². The predicted molar refractivity (Wildman–Crippen MR) is 155 cm³/mol. The lowest BCUT2D eigenvalue weighted by molar-refractivity contribution is 0.180. The standard InChI is InChI=1S/C32H42N4O3/c1-35-14-6-8-25(35)9-7-18-38-26-12-10-23(11-13-26)31-28-20-24-21-29(37-2)30(22-27(24)32(28)34-33-31)39-19-17-36-15-4-3-5-16-36/h10-13,21-22,25H,3-9,14-20H2,1-2H3,(H,33,34). The first-order chi connectivity index (χ1) is 19.2. The summed E-state index contributed by atoms with van der Waals surface area (Å²) in [6, 6.07) is 13.4. The number of benzene rings is 2. The summed E-state index contributed by atoms with van der Waals surface area (Å²) in [5.74, 6) is 2.52. The fraction of sp³-hybridized carbons (Fsp3) is 0.531. The average Bonchev–Trinajstić information content (AvgIpc) is 3.67. The highest BCUT2D eigenvalue weighted by Gasteiger charge is 2.27. The number of ether oxygens (including phenoxy) is 3. The van der Waals surface area contributed by atoms with Crippen molar-refractivity contribution in [3.63, 3.8) is 0 Å². The van der Waals surface area contributed by atoms with Gasteiger partial charge in [-0.05, 0) is 107 Å². The molecule has 2 saturated heterocycles. The number of likely N-dealkylation sites (tertiary alicyclic amines) is 2. The van der Waals surface area contributed by atoms with Crippen molar-refractivity contribution >= 4 is 0 Å². The van der Waals surface area contributed by atoms with Gasteiger partial charge in [0.1, 0.15) is 12.4 Å². The topological polar surface area (TPSA) is 62.9 Å². The van der Waals surface area contributed by atoms with E-state index in [9.17, 15) is 0 Å². The van der Waals surface area contributed by atoms with Crippen LogP contribution in [0.3, 0.4) is 0 Å². The predicted octanol–water partition coefficient (Wildman–Crippen LogP) is 5.77. The van der Waals surface area contributed by atoms with Crippen LogP contribution in [-0.2, 0) is 6.42 Å². The maximum atomic E-state index is 6.23. The molecule has 0 radical (unpaired) electrons. The van der Waals surface area contributed by atoms with Crippen LogP contribution in [0.5, 0.6) is 17.2 Å². The van der Waals surface area contributed by atoms with Crippen molar-refractivity contribution in [3.05, 3.63) is 47.5 Å². The zero-order chi connectivity index (χ0) is 26.6. The quantitative estimate of drug-likeness (QED) is 0.248. The molecule has 0 spiro atoms. The molecular formula is C32H42N4O3. The van der Waals surface area contributed by atoms with Crippen molar-refractivity contribution in [1.82, 2.24) is 20.0 Å². The number of rotatable bonds is 11. The fourth-order valence-electron chi connectivity index (χ4n) is 6.47. The van der Waals surface area contributed by atoms with E-state index in [0.29, 0.717) is 6.61 Å². The van der Waals surface area contributed by atoms with Gasteiger partial charge in [0, 0.05) is 35.7 Å². The molecular weight excluding hydrogens is 488 g/mol. The van der Waals surface area contributed by atoms with Crippen molar-refractivity contribution in [2.24, 2.45) is 0 Å². The lowest BCUT2D eigenvalue weighted by Gasteiger charge is -2.26. The van der Waals surface area contributed by atoms with Crippen LogP contribution < -0.4 is 14.2 Å². The van der Waals surface area contributed by atoms with Crippen LogP contribution in [0, 0.1) is 0 Å². The Kier molecular flexibility index (Phi) is 8.07. The maximum absolute atomic E-state index is 6.23. The van der Waals surface area contributed by atoms with E-state index in [1.807, 2.05) is 0 Å². The fourth-order valence-corrected chi connectivity index (χ4v) is 6.47. The van der Waals surface area contributed by atoms with Crippen molar-refractivity contribution in [2.75, 3.05) is 53.6 Å². The number of hydrogen-bond acceptors (Lipinski definition) is 6. The molecule has 1 N–H and O–H groups in total. The average molecular weight is 531 g/mol. The van der Waals surface area contributed by atoms with Gasteiger partial charge in [-0.3, -0.25) is 10.00 Å². The number of H-pyrrole nitrogens is 1. The van der Waals surface area contributed by atoms with Crippen molar-refractivity contribution in [1.29, 1.82) is 0 Å². The number of nitrogens with zero attached hydrogens (tertiary/aromatic N) is 3. The lowest BCUT2D eigenvalue weighted by Crippen LogP contribution is -2.33. The molecule has 208 valence electrons. The molecule has 7 heteroatoms. The third kappa shape index (κ3) is 5.80. The molecule has 3 aromatic rings. The Hall–Kier alpha value is -3.03. The van der Waals surface area contributed by atoms with E-state index in [0.717, 1.165) is 71.8 Å². The first-order valence-electron chi connectivity index (χ1n) is 14.8. The van der Waals surface area contributed by atoms with E-state index in [2.05, 4.69) is 58.3 Å². The summed E-state index contributed by atoms with van der Waals surface area (Å²) in [4.78, 5) is 4.98. The molecule has 0 bridgehead atoms. The first-order valence-corrected chi connectivity index (χ1v) is 14.8. The van der Waals surface area contributed by atoms with E-state index in [1.165, 1.54) is 69.3 Å². The summed E-state index contributed by atoms with van der Waals surface area (Å²) in [5, 5.41) is 8.02. The van der Waals surface area contributed by atoms with Crippen LogP contribution in [0.2, 0.25) is 0 Å². The SMILES string of the molecule is COc1cc2c(cc1OCCN1CCCCC1)-c1[nH]nc(-c3ccc(OCCCC4CCCN4C)cc3)c1C2. The van der Waals surface area contributed by atoms with Crippen LogP contribution in [0.15, 0.2) is 36.4 Å². The summed E-state index contributed by atoms with van der Waals surface area (Å²) in [6.45, 7) is 5.98. The van der Waals surface area contributed by atoms with Gasteiger partial charge in [-0.1, -0.05) is 6.42 Å². The second-order valence-corrected chi connectivity index (χ2v) is 11.3. The Morgan fingerprint density at radius 3 is 2.56 bits per heavy atom. The van der Waals surface area contributed by atoms with Crippen LogP contribution in [0.4, 0.5) is 0 Å². The highest BCUT2D eigenvalue weighted by Crippen LogP contribution is 2.44. The number of fused-ring (bicyclic) bond motifs is 3. The number of piperidine rings is 1. The Labute approximate surface area is 232 Å². The van der Waals surface area contributed by atoms with Crippen LogP contribution >= 0.6 is 0 Å². The number of aromatic nitrogens is 2. The molecule has 6 rings (SSSR count). The Morgan fingerprint density at radius 1 is 0.949 bits per heavy atom. The number of aromatic amines is 1. The molecule has 1 aromatic heterocycles. The van der Waals surface area contributed by atoms with Gasteiger partial charge in [-0.2, -0.15) is 5.10 Å². The zero-order valence-electron chi connectivity index (χ0n) is 23.5. The largest absolute Gasteiger partial charge is 0.494 e. The minimum atomic E-state index is 0.669. The second kappa shape index (κ2) is 12.0. The lowest BCUT2D eigenvalue weighted by atomic mass is 10.1. The minimum Gasteiger partial charge on any atom is -0.494 e. The summed E-state index contributed by atoms with van der Waals surface area (Å²) in [7, 11) is 3.96. The Morgan fingerprint density at radius 2 is 1.79 bits per heavy atom. The third-order valence-electron chi connectivity index (χ3n) is 8.76. The number of hydrogen-bond donors (Lipinski definition) is 1. The third-order valence-corrected chi connectivity index (χ3v) is 8.76. The number of methoxy groups -OCH3 is 1. The van der Waals surface area contributed by atoms with Crippen LogP contribution in [-0.4, -0.2) is 79.6 Å². The van der Waals surface area contributed by atoms with E-state index in [4.69, 9.17) is 19.3 Å². The number of nitrogens with one attached hydrogen (secondary N) is 1. The molecule has 1 aliphatic carbocycles. The normalized spacial score (nSPS) is 19.2. The molecule has 2 fully saturated rings. The van der Waals surface area contributed by atoms with Crippen LogP contribution in [0.25, 0.3) is 22.5 Å². The molecule has 2 aromatic carbocycles. The van der Waals surface area contributed by atoms with Gasteiger partial charge in [-0.15, -0.1) is 0 Å². The van der Waals surface area contributed by atoms with E-state index in [1.54, 1.807) is 7.11 Å². The summed E-state index contributed by atoms with van der Waals surface area (Å²) in [5.41, 5.74) is 6.82. The molecule has 1 atom stereocenters. The summed E-state index contributed by atoms with van der Waals surface area (Å²) in [6.07, 6.45) is 9.72. The summed E-state index contributed by atoms with van der Waals surface area (Å²) < 4.78 is 18.0. The Bertz CT molecular complexity index is 1250. The van der Waals surface area contributed by atoms with E-state index in [-0.39, 0.29) is 0 Å². The van der Waals surface area contributed by atoms with Crippen molar-refractivity contribution in [2.45, 2.75) is 57.4 Å². The highest BCUT2D eigenvalue weighted by molar-refractivity contribution is 5.82. The first kappa shape index (κ1) is 26.2. The van der Waals surface area contributed by atoms with Crippen LogP contribution in [0.1, 0.15) is 56.1 Å². The van der Waals surface area contributed by atoms with Gasteiger partial charge in [0.25, 0.3) is 0 Å². The highest BCUT2D eigenvalue weighted by atomic mass is 16.5. The van der Waals surface area contributed by atoms with Crippen molar-refractivity contribution in [3.8, 4) is 39.8 Å². The maximum Gasteiger partial charge on any atom is 0.161 e. The van der Waals surface area contributed by atoms with Gasteiger partial charge < -0.3 is 19.1 Å². The second-order valence-electron chi connectivity index (χ2n) is 11.3. The van der Waals surface area contributed by atoms with Gasteiger partial charge in [0.2, 0.25) is 0 Å². The molecule has 1 unspecified atom stereocenters. The summed E-state index contributed by atoms with van der Waals surface area (Å²) >= 11 is 0. The molecule has 3 heterocycles. The van der Waals surface area contributed by atoms with Gasteiger partial charge >= 0.3 is 0 Å². The smallest absolute Gasteiger partial charge is 0.161 e. The van der Waals surface area contributed by atoms with Gasteiger partial charge in [-0.25, -0.2) is 0 Å². The Balaban J connectivity index is 1.09. The molecule has 0 saturated carbocycles. The van der Waals surface area contributed by atoms with Gasteiger partial charge in [0.05, 0.1) is 25.1 Å². The molecule has 7 nitrogen and oxygen atoms in total. The van der Waals surface area contributed by atoms with Gasteiger partial charge in [0.15, 0.2) is 11.5 Å². The zero-order valence-corrected chi connectivity index (χ0v) is 23.5. The molecule has 39 heavy (non-hydrogen) atoms.